The lowest BCUT2D eigenvalue weighted by molar-refractivity contribution is -0.131. The first-order valence-electron chi connectivity index (χ1n) is 6.80. The number of rotatable bonds is 4. The molecular formula is C15H19NO4S. The minimum Gasteiger partial charge on any atom is -0.478 e. The van der Waals surface area contributed by atoms with Crippen molar-refractivity contribution in [3.8, 4) is 0 Å². The molecule has 5 nitrogen and oxygen atoms in total. The minimum absolute atomic E-state index is 0.0413. The van der Waals surface area contributed by atoms with Gasteiger partial charge in [-0.1, -0.05) is 0 Å². The summed E-state index contributed by atoms with van der Waals surface area (Å²) in [6.45, 7) is 4.53. The number of thiophene rings is 1. The molecule has 114 valence electrons. The number of hydrogen-bond acceptors (Lipinski definition) is 4. The molecule has 1 aliphatic rings. The topological polar surface area (TPSA) is 66.8 Å². The Kier molecular flexibility index (Phi) is 4.80. The van der Waals surface area contributed by atoms with Gasteiger partial charge in [0.05, 0.1) is 17.0 Å². The number of likely N-dealkylation sites (N-methyl/N-ethyl adjacent to an activating group) is 1. The summed E-state index contributed by atoms with van der Waals surface area (Å²) in [6.07, 6.45) is 3.51. The molecule has 0 saturated carbocycles. The van der Waals surface area contributed by atoms with Crippen molar-refractivity contribution >= 4 is 29.3 Å². The largest absolute Gasteiger partial charge is 0.478 e. The zero-order valence-corrected chi connectivity index (χ0v) is 13.1. The molecule has 2 heterocycles. The molecule has 0 aromatic carbocycles. The van der Waals surface area contributed by atoms with E-state index in [1.165, 1.54) is 17.4 Å². The number of ether oxygens (including phenoxy) is 1. The summed E-state index contributed by atoms with van der Waals surface area (Å²) in [7, 11) is 1.79. The second kappa shape index (κ2) is 6.41. The summed E-state index contributed by atoms with van der Waals surface area (Å²) >= 11 is 1.32. The van der Waals surface area contributed by atoms with E-state index < -0.39 is 5.97 Å². The second-order valence-corrected chi connectivity index (χ2v) is 6.26. The van der Waals surface area contributed by atoms with E-state index in [0.29, 0.717) is 11.5 Å². The third kappa shape index (κ3) is 3.51. The number of nitrogens with zero attached hydrogens (tertiary/aromatic N) is 1. The molecular weight excluding hydrogens is 290 g/mol. The van der Waals surface area contributed by atoms with Gasteiger partial charge in [-0.15, -0.1) is 11.3 Å². The average Bonchev–Trinajstić information content (AvgIpc) is 3.01. The Bertz CT molecular complexity index is 578. The van der Waals surface area contributed by atoms with Crippen LogP contribution in [0.5, 0.6) is 0 Å². The number of hydrogen-bond donors (Lipinski definition) is 1. The van der Waals surface area contributed by atoms with Crippen LogP contribution in [0.15, 0.2) is 12.1 Å². The molecule has 21 heavy (non-hydrogen) atoms. The minimum atomic E-state index is -0.996. The van der Waals surface area contributed by atoms with Crippen LogP contribution in [-0.2, 0) is 9.53 Å². The van der Waals surface area contributed by atoms with Gasteiger partial charge in [0, 0.05) is 24.6 Å². The van der Waals surface area contributed by atoms with Crippen LogP contribution in [-0.4, -0.2) is 47.7 Å². The number of carboxylic acid groups (broad SMARTS) is 1. The van der Waals surface area contributed by atoms with E-state index in [1.807, 2.05) is 19.9 Å². The second-order valence-electron chi connectivity index (χ2n) is 5.18. The van der Waals surface area contributed by atoms with Gasteiger partial charge in [0.15, 0.2) is 0 Å². The standard InChI is InChI=1S/C15H19NO4S/c1-9-8-13(21-12(9)4-5-14(17)18)15(19)16(3)11-6-7-20-10(11)2/h4-5,8,10-11H,6-7H2,1-3H3,(H,17,18)/b5-4+. The molecule has 2 atom stereocenters. The molecule has 0 aliphatic carbocycles. The number of aryl methyl sites for hydroxylation is 1. The van der Waals surface area contributed by atoms with Crippen molar-refractivity contribution in [1.82, 2.24) is 4.90 Å². The van der Waals surface area contributed by atoms with Crippen LogP contribution in [0.3, 0.4) is 0 Å². The Morgan fingerprint density at radius 2 is 2.24 bits per heavy atom. The lowest BCUT2D eigenvalue weighted by atomic mass is 10.1. The summed E-state index contributed by atoms with van der Waals surface area (Å²) in [4.78, 5) is 26.2. The summed E-state index contributed by atoms with van der Waals surface area (Å²) in [5.41, 5.74) is 0.907. The van der Waals surface area contributed by atoms with Crippen LogP contribution < -0.4 is 0 Å². The number of carbonyl (C=O) groups excluding carboxylic acids is 1. The summed E-state index contributed by atoms with van der Waals surface area (Å²) in [5, 5.41) is 8.67. The maximum Gasteiger partial charge on any atom is 0.328 e. The zero-order valence-electron chi connectivity index (χ0n) is 12.3. The molecule has 0 spiro atoms. The van der Waals surface area contributed by atoms with Crippen molar-refractivity contribution in [3.05, 3.63) is 27.5 Å². The van der Waals surface area contributed by atoms with E-state index in [0.717, 1.165) is 22.9 Å². The van der Waals surface area contributed by atoms with Gasteiger partial charge in [-0.3, -0.25) is 4.79 Å². The molecule has 1 saturated heterocycles. The maximum absolute atomic E-state index is 12.5. The van der Waals surface area contributed by atoms with E-state index in [-0.39, 0.29) is 18.1 Å². The highest BCUT2D eigenvalue weighted by molar-refractivity contribution is 7.15. The normalized spacial score (nSPS) is 21.9. The van der Waals surface area contributed by atoms with Gasteiger partial charge in [-0.25, -0.2) is 4.79 Å². The quantitative estimate of drug-likeness (QED) is 0.867. The van der Waals surface area contributed by atoms with Crippen molar-refractivity contribution in [2.75, 3.05) is 13.7 Å². The van der Waals surface area contributed by atoms with Gasteiger partial charge < -0.3 is 14.7 Å². The van der Waals surface area contributed by atoms with Crippen LogP contribution in [0.4, 0.5) is 0 Å². The Hall–Kier alpha value is -1.66. The molecule has 2 unspecified atom stereocenters. The molecule has 1 aromatic rings. The molecule has 1 amide bonds. The predicted octanol–water partition coefficient (Wildman–Crippen LogP) is 2.40. The van der Waals surface area contributed by atoms with Crippen LogP contribution in [0, 0.1) is 6.92 Å². The van der Waals surface area contributed by atoms with Gasteiger partial charge in [0.25, 0.3) is 5.91 Å². The van der Waals surface area contributed by atoms with Gasteiger partial charge in [0.2, 0.25) is 0 Å². The molecule has 0 radical (unpaired) electrons. The van der Waals surface area contributed by atoms with Crippen molar-refractivity contribution in [3.63, 3.8) is 0 Å². The molecule has 0 bridgehead atoms. The van der Waals surface area contributed by atoms with Crippen LogP contribution in [0.2, 0.25) is 0 Å². The lowest BCUT2D eigenvalue weighted by Crippen LogP contribution is -2.40. The zero-order chi connectivity index (χ0) is 15.6. The van der Waals surface area contributed by atoms with E-state index in [9.17, 15) is 9.59 Å². The van der Waals surface area contributed by atoms with Crippen molar-refractivity contribution in [1.29, 1.82) is 0 Å². The number of carbonyl (C=O) groups is 2. The first-order chi connectivity index (χ1) is 9.90. The van der Waals surface area contributed by atoms with Crippen molar-refractivity contribution < 1.29 is 19.4 Å². The van der Waals surface area contributed by atoms with Crippen LogP contribution >= 0.6 is 11.3 Å². The average molecular weight is 309 g/mol. The highest BCUT2D eigenvalue weighted by atomic mass is 32.1. The van der Waals surface area contributed by atoms with Gasteiger partial charge in [-0.2, -0.15) is 0 Å². The Morgan fingerprint density at radius 3 is 2.81 bits per heavy atom. The Morgan fingerprint density at radius 1 is 1.52 bits per heavy atom. The SMILES string of the molecule is Cc1cc(C(=O)N(C)C2CCOC2C)sc1/C=C/C(=O)O. The Balaban J connectivity index is 2.16. The first kappa shape index (κ1) is 15.7. The molecule has 6 heteroatoms. The van der Waals surface area contributed by atoms with Gasteiger partial charge in [0.1, 0.15) is 0 Å². The fourth-order valence-electron chi connectivity index (χ4n) is 2.47. The van der Waals surface area contributed by atoms with Crippen LogP contribution in [0.1, 0.15) is 33.5 Å². The fourth-order valence-corrected chi connectivity index (χ4v) is 3.53. The highest BCUT2D eigenvalue weighted by Crippen LogP contribution is 2.27. The molecule has 2 rings (SSSR count). The number of carboxylic acids is 1. The number of aliphatic carboxylic acids is 1. The van der Waals surface area contributed by atoms with Crippen LogP contribution in [0.25, 0.3) is 6.08 Å². The van der Waals surface area contributed by atoms with Gasteiger partial charge in [-0.05, 0) is 38.0 Å². The summed E-state index contributed by atoms with van der Waals surface area (Å²) in [6, 6.07) is 1.91. The molecule has 1 aliphatic heterocycles. The van der Waals surface area contributed by atoms with Crippen molar-refractivity contribution in [2.45, 2.75) is 32.4 Å². The smallest absolute Gasteiger partial charge is 0.328 e. The summed E-state index contributed by atoms with van der Waals surface area (Å²) < 4.78 is 5.50. The van der Waals surface area contributed by atoms with E-state index >= 15 is 0 Å². The first-order valence-corrected chi connectivity index (χ1v) is 7.62. The fraction of sp³-hybridized carbons (Fsp3) is 0.467. The molecule has 1 fully saturated rings. The highest BCUT2D eigenvalue weighted by Gasteiger charge is 2.31. The Labute approximate surface area is 127 Å². The maximum atomic E-state index is 12.5. The lowest BCUT2D eigenvalue weighted by Gasteiger charge is -2.26. The van der Waals surface area contributed by atoms with E-state index in [2.05, 4.69) is 0 Å². The third-order valence-electron chi connectivity index (χ3n) is 3.70. The van der Waals surface area contributed by atoms with E-state index in [4.69, 9.17) is 9.84 Å². The summed E-state index contributed by atoms with van der Waals surface area (Å²) in [5.74, 6) is -1.04. The monoisotopic (exact) mass is 309 g/mol. The molecule has 1 aromatic heterocycles. The third-order valence-corrected chi connectivity index (χ3v) is 4.89. The number of amides is 1. The van der Waals surface area contributed by atoms with Gasteiger partial charge >= 0.3 is 5.97 Å². The van der Waals surface area contributed by atoms with E-state index in [1.54, 1.807) is 11.9 Å². The van der Waals surface area contributed by atoms with Crippen molar-refractivity contribution in [2.24, 2.45) is 0 Å². The predicted molar refractivity (Wildman–Crippen MR) is 81.6 cm³/mol. The molecule has 1 N–H and O–H groups in total.